The van der Waals surface area contributed by atoms with E-state index >= 15 is 0 Å². The second-order valence-electron chi connectivity index (χ2n) is 5.88. The molecule has 3 aromatic rings. The molecule has 0 saturated heterocycles. The third-order valence-corrected chi connectivity index (χ3v) is 5.20. The van der Waals surface area contributed by atoms with Crippen LogP contribution in [0.1, 0.15) is 21.7 Å². The molecule has 0 aliphatic rings. The first-order valence-electron chi connectivity index (χ1n) is 7.90. The number of rotatable bonds is 5. The van der Waals surface area contributed by atoms with Crippen LogP contribution in [-0.2, 0) is 10.0 Å². The maximum Gasteiger partial charge on any atom is 0.291 e. The van der Waals surface area contributed by atoms with Gasteiger partial charge in [0, 0.05) is 11.4 Å². The first-order chi connectivity index (χ1) is 12.3. The lowest BCUT2D eigenvalue weighted by atomic mass is 10.2. The quantitative estimate of drug-likeness (QED) is 0.712. The van der Waals surface area contributed by atoms with Crippen molar-refractivity contribution >= 4 is 27.3 Å². The van der Waals surface area contributed by atoms with E-state index in [1.165, 1.54) is 6.26 Å². The van der Waals surface area contributed by atoms with E-state index in [1.807, 2.05) is 6.92 Å². The molecule has 3 rings (SSSR count). The normalized spacial score (nSPS) is 11.2. The average molecular weight is 370 g/mol. The molecule has 26 heavy (non-hydrogen) atoms. The topological polar surface area (TPSA) is 88.4 Å². The Labute approximate surface area is 151 Å². The standard InChI is InChI=1S/C19H18N2O4S/c1-13-5-8-16(9-6-13)26(23,24)21-15-7-10-17(14(2)12-15)20-19(22)18-4-3-11-25-18/h3-12,21H,1-2H3,(H,20,22). The molecule has 1 amide bonds. The molecule has 0 fully saturated rings. The van der Waals surface area contributed by atoms with Crippen molar-refractivity contribution < 1.29 is 17.6 Å². The van der Waals surface area contributed by atoms with E-state index in [4.69, 9.17) is 4.42 Å². The number of hydrogen-bond acceptors (Lipinski definition) is 4. The fourth-order valence-corrected chi connectivity index (χ4v) is 3.44. The highest BCUT2D eigenvalue weighted by atomic mass is 32.2. The molecule has 0 radical (unpaired) electrons. The number of amides is 1. The third-order valence-electron chi connectivity index (χ3n) is 3.80. The van der Waals surface area contributed by atoms with Crippen LogP contribution >= 0.6 is 0 Å². The summed E-state index contributed by atoms with van der Waals surface area (Å²) in [7, 11) is -3.67. The van der Waals surface area contributed by atoms with E-state index in [0.717, 1.165) is 5.56 Å². The average Bonchev–Trinajstić information content (AvgIpc) is 3.12. The monoisotopic (exact) mass is 370 g/mol. The Bertz CT molecular complexity index is 1020. The minimum Gasteiger partial charge on any atom is -0.459 e. The summed E-state index contributed by atoms with van der Waals surface area (Å²) in [6.45, 7) is 3.67. The Hall–Kier alpha value is -3.06. The second-order valence-corrected chi connectivity index (χ2v) is 7.56. The van der Waals surface area contributed by atoms with Gasteiger partial charge in [-0.2, -0.15) is 0 Å². The van der Waals surface area contributed by atoms with E-state index in [2.05, 4.69) is 10.0 Å². The molecule has 0 spiro atoms. The molecular weight excluding hydrogens is 352 g/mol. The van der Waals surface area contributed by atoms with Crippen molar-refractivity contribution in [2.24, 2.45) is 0 Å². The second kappa shape index (κ2) is 7.05. The summed E-state index contributed by atoms with van der Waals surface area (Å²) in [5, 5.41) is 2.73. The highest BCUT2D eigenvalue weighted by molar-refractivity contribution is 7.92. The van der Waals surface area contributed by atoms with Gasteiger partial charge in [0.2, 0.25) is 0 Å². The van der Waals surface area contributed by atoms with Crippen LogP contribution in [0.3, 0.4) is 0 Å². The molecule has 0 atom stereocenters. The minimum atomic E-state index is -3.67. The number of aryl methyl sites for hydroxylation is 2. The number of carbonyl (C=O) groups excluding carboxylic acids is 1. The van der Waals surface area contributed by atoms with Gasteiger partial charge in [0.15, 0.2) is 5.76 Å². The summed E-state index contributed by atoms with van der Waals surface area (Å²) < 4.78 is 32.5. The summed E-state index contributed by atoms with van der Waals surface area (Å²) in [4.78, 5) is 12.2. The largest absolute Gasteiger partial charge is 0.459 e. The van der Waals surface area contributed by atoms with Gasteiger partial charge in [-0.05, 0) is 61.9 Å². The first kappa shape index (κ1) is 17.8. The van der Waals surface area contributed by atoms with Gasteiger partial charge in [0.1, 0.15) is 0 Å². The molecule has 6 nitrogen and oxygen atoms in total. The smallest absolute Gasteiger partial charge is 0.291 e. The molecule has 0 saturated carbocycles. The van der Waals surface area contributed by atoms with Gasteiger partial charge in [-0.15, -0.1) is 0 Å². The summed E-state index contributed by atoms with van der Waals surface area (Å²) in [6, 6.07) is 14.7. The Morgan fingerprint density at radius 3 is 2.35 bits per heavy atom. The molecule has 1 heterocycles. The number of carbonyl (C=O) groups is 1. The van der Waals surface area contributed by atoms with Gasteiger partial charge in [0.05, 0.1) is 11.2 Å². The predicted octanol–water partition coefficient (Wildman–Crippen LogP) is 3.95. The van der Waals surface area contributed by atoms with Crippen molar-refractivity contribution in [3.05, 3.63) is 77.7 Å². The van der Waals surface area contributed by atoms with Crippen molar-refractivity contribution in [3.63, 3.8) is 0 Å². The number of furan rings is 1. The van der Waals surface area contributed by atoms with E-state index in [-0.39, 0.29) is 16.6 Å². The minimum absolute atomic E-state index is 0.191. The van der Waals surface area contributed by atoms with Gasteiger partial charge in [-0.25, -0.2) is 8.42 Å². The van der Waals surface area contributed by atoms with Crippen molar-refractivity contribution in [1.82, 2.24) is 0 Å². The lowest BCUT2D eigenvalue weighted by molar-refractivity contribution is 0.0996. The molecular formula is C19H18N2O4S. The van der Waals surface area contributed by atoms with Crippen molar-refractivity contribution in [2.75, 3.05) is 10.0 Å². The van der Waals surface area contributed by atoms with Crippen LogP contribution in [0, 0.1) is 13.8 Å². The zero-order chi connectivity index (χ0) is 18.7. The molecule has 2 N–H and O–H groups in total. The van der Waals surface area contributed by atoms with E-state index in [1.54, 1.807) is 61.5 Å². The van der Waals surface area contributed by atoms with Crippen molar-refractivity contribution in [2.45, 2.75) is 18.7 Å². The Morgan fingerprint density at radius 1 is 1.00 bits per heavy atom. The Morgan fingerprint density at radius 2 is 1.73 bits per heavy atom. The Balaban J connectivity index is 1.77. The van der Waals surface area contributed by atoms with Crippen molar-refractivity contribution in [1.29, 1.82) is 0 Å². The van der Waals surface area contributed by atoms with E-state index in [0.29, 0.717) is 16.9 Å². The number of benzene rings is 2. The van der Waals surface area contributed by atoms with Crippen LogP contribution in [-0.4, -0.2) is 14.3 Å². The maximum atomic E-state index is 12.4. The van der Waals surface area contributed by atoms with Gasteiger partial charge in [0.25, 0.3) is 15.9 Å². The maximum absolute atomic E-state index is 12.4. The lowest BCUT2D eigenvalue weighted by Crippen LogP contribution is -2.14. The van der Waals surface area contributed by atoms with Gasteiger partial charge < -0.3 is 9.73 Å². The highest BCUT2D eigenvalue weighted by Crippen LogP contribution is 2.23. The van der Waals surface area contributed by atoms with Crippen LogP contribution in [0.4, 0.5) is 11.4 Å². The van der Waals surface area contributed by atoms with Crippen LogP contribution < -0.4 is 10.0 Å². The van der Waals surface area contributed by atoms with Gasteiger partial charge >= 0.3 is 0 Å². The fraction of sp³-hybridized carbons (Fsp3) is 0.105. The number of hydrogen-bond donors (Lipinski definition) is 2. The zero-order valence-electron chi connectivity index (χ0n) is 14.3. The van der Waals surface area contributed by atoms with E-state index in [9.17, 15) is 13.2 Å². The van der Waals surface area contributed by atoms with Gasteiger partial charge in [-0.1, -0.05) is 17.7 Å². The SMILES string of the molecule is Cc1ccc(S(=O)(=O)Nc2ccc(NC(=O)c3ccco3)c(C)c2)cc1. The first-order valence-corrected chi connectivity index (χ1v) is 9.38. The van der Waals surface area contributed by atoms with Crippen LogP contribution in [0.2, 0.25) is 0 Å². The van der Waals surface area contributed by atoms with Gasteiger partial charge in [-0.3, -0.25) is 9.52 Å². The van der Waals surface area contributed by atoms with Crippen LogP contribution in [0.5, 0.6) is 0 Å². The van der Waals surface area contributed by atoms with Crippen LogP contribution in [0.15, 0.2) is 70.2 Å². The van der Waals surface area contributed by atoms with Crippen molar-refractivity contribution in [3.8, 4) is 0 Å². The summed E-state index contributed by atoms with van der Waals surface area (Å²) >= 11 is 0. The molecule has 2 aromatic carbocycles. The molecule has 1 aromatic heterocycles. The summed E-state index contributed by atoms with van der Waals surface area (Å²) in [5.74, 6) is -0.167. The number of anilines is 2. The summed E-state index contributed by atoms with van der Waals surface area (Å²) in [6.07, 6.45) is 1.42. The number of sulfonamides is 1. The predicted molar refractivity (Wildman–Crippen MR) is 99.8 cm³/mol. The molecule has 0 aliphatic carbocycles. The number of nitrogens with one attached hydrogen (secondary N) is 2. The molecule has 0 aliphatic heterocycles. The molecule has 134 valence electrons. The zero-order valence-corrected chi connectivity index (χ0v) is 15.1. The lowest BCUT2D eigenvalue weighted by Gasteiger charge is -2.12. The van der Waals surface area contributed by atoms with E-state index < -0.39 is 10.0 Å². The highest BCUT2D eigenvalue weighted by Gasteiger charge is 2.15. The molecule has 0 unspecified atom stereocenters. The molecule has 7 heteroatoms. The fourth-order valence-electron chi connectivity index (χ4n) is 2.39. The molecule has 0 bridgehead atoms. The summed E-state index contributed by atoms with van der Waals surface area (Å²) in [5.41, 5.74) is 2.69. The third kappa shape index (κ3) is 3.94. The van der Waals surface area contributed by atoms with Crippen LogP contribution in [0.25, 0.3) is 0 Å². The Kier molecular flexibility index (Phi) is 4.81.